The summed E-state index contributed by atoms with van der Waals surface area (Å²) in [6.45, 7) is 12.6. The monoisotopic (exact) mass is 1780 g/mol. The molecule has 622 valence electrons. The van der Waals surface area contributed by atoms with Crippen LogP contribution in [0.3, 0.4) is 0 Å². The van der Waals surface area contributed by atoms with Gasteiger partial charge in [-0.15, -0.1) is 0 Å². The third kappa shape index (κ3) is 31.8. The molecule has 0 fully saturated rings. The number of hydrogen-bond acceptors (Lipinski definition) is 14. The molecule has 0 aliphatic heterocycles. The standard InChI is InChI=1S/2C30H28BN6.5C6H6.2C5H11NO2S.2Zn/c2*1-22-19-28(25-13-7-4-8-14-25)32-35(22)31(36-23(2)20-29(33-36)26-15-9-5-10-16-26)37-24(3)21-30(34-37)27-17-11-6-12-18-27;5*1-2-4-6-5-3-1;2*1-9-3-2-4(6)5(7)8;;/h2*4-21,31H,1-3H3;5*1-6H;2*4H,2-3,6H2,1H3,(H,7,8);;/q2*-1;;;;;;;;2*+2/p-2/t;;;;;;;2*4-;;/m.......10../s1. The van der Waals surface area contributed by atoms with Gasteiger partial charge < -0.3 is 58.8 Å². The molecular formula is C100H106B2N14O4S2Zn2. The molecule has 0 saturated heterocycles. The Balaban J connectivity index is 0.000000221. The van der Waals surface area contributed by atoms with E-state index in [2.05, 4.69) is 178 Å². The molecule has 2 atom stereocenters. The first-order valence-electron chi connectivity index (χ1n) is 40.5. The fourth-order valence-corrected chi connectivity index (χ4v) is 13.7. The van der Waals surface area contributed by atoms with Crippen molar-refractivity contribution in [2.24, 2.45) is 11.5 Å². The van der Waals surface area contributed by atoms with Crippen molar-refractivity contribution in [1.29, 1.82) is 0 Å². The summed E-state index contributed by atoms with van der Waals surface area (Å²) >= 11 is 3.15. The molecule has 0 amide bonds. The van der Waals surface area contributed by atoms with Gasteiger partial charge in [-0.3, -0.25) is 0 Å². The molecular weight excluding hydrogens is 1680 g/mol. The van der Waals surface area contributed by atoms with Crippen molar-refractivity contribution >= 4 is 49.7 Å². The van der Waals surface area contributed by atoms with E-state index in [0.717, 1.165) is 113 Å². The zero-order valence-corrected chi connectivity index (χ0v) is 79.5. The van der Waals surface area contributed by atoms with E-state index >= 15 is 0 Å². The van der Waals surface area contributed by atoms with E-state index in [0.29, 0.717) is 12.8 Å². The minimum absolute atomic E-state index is 0. The van der Waals surface area contributed by atoms with Crippen LogP contribution in [0.4, 0.5) is 0 Å². The Kier molecular flexibility index (Phi) is 43.7. The third-order valence-corrected chi connectivity index (χ3v) is 20.4. The van der Waals surface area contributed by atoms with Gasteiger partial charge in [0, 0.05) is 45.5 Å². The number of thioether (sulfide) groups is 2. The molecule has 24 heteroatoms. The Labute approximate surface area is 764 Å². The summed E-state index contributed by atoms with van der Waals surface area (Å²) in [5, 5.41) is 50.6. The topological polar surface area (TPSA) is 239 Å². The fraction of sp³-hybridized carbons (Fsp3) is 0.140. The summed E-state index contributed by atoms with van der Waals surface area (Å²) in [7, 11) is -3.11. The number of benzene rings is 11. The second-order valence-electron chi connectivity index (χ2n) is 28.3. The van der Waals surface area contributed by atoms with Crippen molar-refractivity contribution in [2.45, 2.75) is 66.5 Å². The Morgan fingerprint density at radius 3 is 0.500 bits per heavy atom. The fourth-order valence-electron chi connectivity index (χ4n) is 12.7. The van der Waals surface area contributed by atoms with E-state index in [1.807, 2.05) is 304 Å². The molecule has 0 saturated carbocycles. The molecule has 11 aromatic carbocycles. The number of aryl methyl sites for hydroxylation is 6. The van der Waals surface area contributed by atoms with Gasteiger partial charge in [0.05, 0.1) is 46.1 Å². The number of rotatable bonds is 20. The molecule has 0 bridgehead atoms. The van der Waals surface area contributed by atoms with Gasteiger partial charge in [-0.2, -0.15) is 23.5 Å². The van der Waals surface area contributed by atoms with E-state index in [1.165, 1.54) is 0 Å². The molecule has 17 rings (SSSR count). The van der Waals surface area contributed by atoms with Crippen LogP contribution in [0.2, 0.25) is 0 Å². The quantitative estimate of drug-likeness (QED) is 0.0675. The number of carboxylic acids is 2. The van der Waals surface area contributed by atoms with Crippen molar-refractivity contribution in [3.63, 3.8) is 0 Å². The number of aliphatic carboxylic acids is 2. The maximum absolute atomic E-state index is 9.96. The molecule has 4 N–H and O–H groups in total. The van der Waals surface area contributed by atoms with Crippen LogP contribution in [-0.2, 0) is 48.5 Å². The summed E-state index contributed by atoms with van der Waals surface area (Å²) in [5.74, 6) is -0.780. The van der Waals surface area contributed by atoms with Crippen molar-refractivity contribution < 1.29 is 58.8 Å². The summed E-state index contributed by atoms with van der Waals surface area (Å²) in [6.07, 6.45) is 4.79. The number of carbonyl (C=O) groups is 2. The van der Waals surface area contributed by atoms with Crippen LogP contribution >= 0.6 is 23.5 Å². The van der Waals surface area contributed by atoms with Gasteiger partial charge in [-0.25, -0.2) is 30.6 Å². The smallest absolute Gasteiger partial charge is 0.548 e. The number of carbonyl (C=O) groups excluding carboxylic acids is 2. The largest absolute Gasteiger partial charge is 2.00 e. The van der Waals surface area contributed by atoms with Crippen LogP contribution < -0.4 is 21.7 Å². The van der Waals surface area contributed by atoms with E-state index in [-0.39, 0.29) is 39.0 Å². The molecule has 0 aliphatic carbocycles. The molecule has 17 aromatic rings. The second-order valence-corrected chi connectivity index (χ2v) is 30.2. The van der Waals surface area contributed by atoms with Gasteiger partial charge in [-0.1, -0.05) is 364 Å². The number of nitrogens with zero attached hydrogens (tertiary/aromatic N) is 12. The summed E-state index contributed by atoms with van der Waals surface area (Å²) in [5.41, 5.74) is 28.8. The minimum Gasteiger partial charge on any atom is -0.548 e. The normalized spacial score (nSPS) is 10.6. The van der Waals surface area contributed by atoms with E-state index in [1.54, 1.807) is 23.5 Å². The molecule has 0 spiro atoms. The Hall–Kier alpha value is -12.4. The van der Waals surface area contributed by atoms with Gasteiger partial charge in [0.2, 0.25) is 0 Å². The molecule has 0 radical (unpaired) electrons. The zero-order valence-electron chi connectivity index (χ0n) is 71.9. The van der Waals surface area contributed by atoms with Crippen molar-refractivity contribution in [3.8, 4) is 67.5 Å². The minimum atomic E-state index is -1.55. The van der Waals surface area contributed by atoms with E-state index < -0.39 is 38.3 Å². The Morgan fingerprint density at radius 1 is 0.266 bits per heavy atom. The van der Waals surface area contributed by atoms with Crippen LogP contribution in [0.5, 0.6) is 0 Å². The Bertz CT molecular complexity index is 4730. The predicted molar refractivity (Wildman–Crippen MR) is 505 cm³/mol. The van der Waals surface area contributed by atoms with E-state index in [4.69, 9.17) is 42.1 Å². The van der Waals surface area contributed by atoms with E-state index in [9.17, 15) is 19.8 Å². The number of carboxylic acid groups (broad SMARTS) is 2. The third-order valence-electron chi connectivity index (χ3n) is 19.1. The van der Waals surface area contributed by atoms with Gasteiger partial charge in [0.15, 0.2) is 0 Å². The predicted octanol–water partition coefficient (Wildman–Crippen LogP) is 17.8. The average Bonchev–Trinajstić information content (AvgIpc) is 1.62. The molecule has 0 unspecified atom stereocenters. The first-order valence-corrected chi connectivity index (χ1v) is 43.3. The second kappa shape index (κ2) is 54.9. The average molecular weight is 1780 g/mol. The Morgan fingerprint density at radius 2 is 0.387 bits per heavy atom. The first-order chi connectivity index (χ1) is 59.5. The molecule has 18 nitrogen and oxygen atoms in total. The van der Waals surface area contributed by atoms with Crippen LogP contribution in [0, 0.1) is 41.5 Å². The van der Waals surface area contributed by atoms with Gasteiger partial charge >= 0.3 is 53.2 Å². The maximum atomic E-state index is 9.96. The van der Waals surface area contributed by atoms with Crippen molar-refractivity contribution in [2.75, 3.05) is 24.0 Å². The van der Waals surface area contributed by atoms with Crippen LogP contribution in [0.25, 0.3) is 67.5 Å². The van der Waals surface area contributed by atoms with Crippen molar-refractivity contribution in [3.05, 3.63) is 435 Å². The van der Waals surface area contributed by atoms with Crippen LogP contribution in [-0.4, -0.2) is 120 Å². The van der Waals surface area contributed by atoms with Crippen LogP contribution in [0.15, 0.2) is 400 Å². The van der Waals surface area contributed by atoms with Crippen LogP contribution in [0.1, 0.15) is 47.0 Å². The molecule has 6 heterocycles. The molecule has 0 aliphatic rings. The SMILES string of the molecule is CSCC[C@@H](N)C(=O)[O-].CSCC[C@H](N)C(=O)[O-].Cc1cc(-c2ccccc2)nn1[BH-](n1nc(-c2ccccc2)cc1C)n1nc(-c2ccccc2)cc1C.Cc1cc(-c2ccccc2)nn1[BH-](n1nc(-c2ccccc2)cc1C)n1nc(-c2ccccc2)cc1C.[Zn+2].[Zn+2].c1ccccc1.c1ccccc1.c1ccccc1.c1ccccc1.c1ccccc1. The van der Waals surface area contributed by atoms with Gasteiger partial charge in [0.25, 0.3) is 0 Å². The number of aromatic nitrogens is 12. The summed E-state index contributed by atoms with van der Waals surface area (Å²) in [6, 6.07) is 133. The molecule has 6 aromatic heterocycles. The number of hydrogen-bond donors (Lipinski definition) is 2. The summed E-state index contributed by atoms with van der Waals surface area (Å²) < 4.78 is 12.6. The van der Waals surface area contributed by atoms with Gasteiger partial charge in [-0.05, 0) is 149 Å². The first kappa shape index (κ1) is 98.7. The zero-order chi connectivity index (χ0) is 86.5. The maximum Gasteiger partial charge on any atom is 2.00 e. The number of nitrogens with two attached hydrogens (primary N) is 2. The van der Waals surface area contributed by atoms with Crippen molar-refractivity contribution in [1.82, 2.24) is 58.1 Å². The van der Waals surface area contributed by atoms with Gasteiger partial charge in [0.1, 0.15) is 0 Å². The summed E-state index contributed by atoms with van der Waals surface area (Å²) in [4.78, 5) is 19.9. The molecule has 124 heavy (non-hydrogen) atoms.